The molecule has 1 saturated heterocycles. The minimum Gasteiger partial charge on any atom is -0.354 e. The van der Waals surface area contributed by atoms with Gasteiger partial charge in [-0.1, -0.05) is 17.7 Å². The Kier molecular flexibility index (Phi) is 4.45. The van der Waals surface area contributed by atoms with Crippen LogP contribution in [0.5, 0.6) is 0 Å². The SMILES string of the molecule is Cc1ccc(Cl)cc1Nc1cc(N2CCN(C)CC2)ncn1. The van der Waals surface area contributed by atoms with Crippen LogP contribution >= 0.6 is 11.6 Å². The highest BCUT2D eigenvalue weighted by atomic mass is 35.5. The topological polar surface area (TPSA) is 44.3 Å². The molecule has 1 aliphatic rings. The second-order valence-corrected chi connectivity index (χ2v) is 6.07. The zero-order valence-electron chi connectivity index (χ0n) is 12.9. The largest absolute Gasteiger partial charge is 0.354 e. The van der Waals surface area contributed by atoms with Crippen molar-refractivity contribution in [3.05, 3.63) is 41.2 Å². The van der Waals surface area contributed by atoms with Crippen LogP contribution in [-0.4, -0.2) is 48.1 Å². The Morgan fingerprint density at radius 1 is 1.09 bits per heavy atom. The van der Waals surface area contributed by atoms with Gasteiger partial charge in [-0.15, -0.1) is 0 Å². The van der Waals surface area contributed by atoms with E-state index in [1.165, 1.54) is 0 Å². The van der Waals surface area contributed by atoms with E-state index in [0.29, 0.717) is 5.02 Å². The Balaban J connectivity index is 1.78. The first kappa shape index (κ1) is 15.1. The van der Waals surface area contributed by atoms with E-state index in [0.717, 1.165) is 49.1 Å². The van der Waals surface area contributed by atoms with Gasteiger partial charge in [0.15, 0.2) is 0 Å². The lowest BCUT2D eigenvalue weighted by Gasteiger charge is -2.33. The van der Waals surface area contributed by atoms with Gasteiger partial charge in [0.1, 0.15) is 18.0 Å². The Morgan fingerprint density at radius 2 is 1.86 bits per heavy atom. The molecule has 0 radical (unpaired) electrons. The molecule has 5 nitrogen and oxygen atoms in total. The van der Waals surface area contributed by atoms with Gasteiger partial charge in [0.05, 0.1) is 0 Å². The number of aromatic nitrogens is 2. The van der Waals surface area contributed by atoms with Crippen molar-refractivity contribution < 1.29 is 0 Å². The first-order valence-electron chi connectivity index (χ1n) is 7.40. The number of nitrogens with one attached hydrogen (secondary N) is 1. The number of anilines is 3. The van der Waals surface area contributed by atoms with Crippen LogP contribution in [0.4, 0.5) is 17.3 Å². The molecular weight excluding hydrogens is 298 g/mol. The van der Waals surface area contributed by atoms with E-state index >= 15 is 0 Å². The van der Waals surface area contributed by atoms with Crippen LogP contribution in [0.15, 0.2) is 30.6 Å². The van der Waals surface area contributed by atoms with E-state index in [4.69, 9.17) is 11.6 Å². The molecule has 0 aliphatic carbocycles. The normalized spacial score (nSPS) is 15.9. The van der Waals surface area contributed by atoms with Crippen LogP contribution in [-0.2, 0) is 0 Å². The smallest absolute Gasteiger partial charge is 0.135 e. The van der Waals surface area contributed by atoms with Crippen LogP contribution in [0.2, 0.25) is 5.02 Å². The zero-order valence-corrected chi connectivity index (χ0v) is 13.6. The summed E-state index contributed by atoms with van der Waals surface area (Å²) in [6, 6.07) is 7.78. The summed E-state index contributed by atoms with van der Waals surface area (Å²) in [5.74, 6) is 1.75. The van der Waals surface area contributed by atoms with Crippen molar-refractivity contribution >= 4 is 28.9 Å². The molecule has 0 saturated carbocycles. The fraction of sp³-hybridized carbons (Fsp3) is 0.375. The molecule has 22 heavy (non-hydrogen) atoms. The maximum Gasteiger partial charge on any atom is 0.135 e. The lowest BCUT2D eigenvalue weighted by atomic mass is 10.2. The number of aryl methyl sites for hydroxylation is 1. The third kappa shape index (κ3) is 3.48. The van der Waals surface area contributed by atoms with Crippen molar-refractivity contribution in [3.63, 3.8) is 0 Å². The fourth-order valence-electron chi connectivity index (χ4n) is 2.49. The van der Waals surface area contributed by atoms with Crippen molar-refractivity contribution in [2.45, 2.75) is 6.92 Å². The summed E-state index contributed by atoms with van der Waals surface area (Å²) in [6.07, 6.45) is 1.61. The first-order chi connectivity index (χ1) is 10.6. The minimum atomic E-state index is 0.710. The van der Waals surface area contributed by atoms with Crippen LogP contribution in [0.1, 0.15) is 5.56 Å². The Bertz CT molecular complexity index is 653. The number of likely N-dealkylation sites (N-methyl/N-ethyl adjacent to an activating group) is 1. The lowest BCUT2D eigenvalue weighted by Crippen LogP contribution is -2.44. The van der Waals surface area contributed by atoms with Crippen LogP contribution in [0.25, 0.3) is 0 Å². The number of nitrogens with zero attached hydrogens (tertiary/aromatic N) is 4. The Morgan fingerprint density at radius 3 is 2.64 bits per heavy atom. The van der Waals surface area contributed by atoms with Gasteiger partial charge in [0.25, 0.3) is 0 Å². The van der Waals surface area contributed by atoms with Crippen LogP contribution in [0.3, 0.4) is 0 Å². The van der Waals surface area contributed by atoms with Gasteiger partial charge in [0.2, 0.25) is 0 Å². The molecule has 2 heterocycles. The molecule has 2 aromatic rings. The van der Waals surface area contributed by atoms with Crippen molar-refractivity contribution in [2.75, 3.05) is 43.4 Å². The molecule has 1 aromatic carbocycles. The summed E-state index contributed by atoms with van der Waals surface area (Å²) >= 11 is 6.06. The van der Waals surface area contributed by atoms with Crippen molar-refractivity contribution in [1.82, 2.24) is 14.9 Å². The van der Waals surface area contributed by atoms with Gasteiger partial charge in [-0.05, 0) is 31.7 Å². The van der Waals surface area contributed by atoms with E-state index < -0.39 is 0 Å². The number of rotatable bonds is 3. The third-order valence-corrected chi connectivity index (χ3v) is 4.18. The van der Waals surface area contributed by atoms with Gasteiger partial charge >= 0.3 is 0 Å². The molecule has 116 valence electrons. The highest BCUT2D eigenvalue weighted by Crippen LogP contribution is 2.24. The second-order valence-electron chi connectivity index (χ2n) is 5.64. The fourth-order valence-corrected chi connectivity index (χ4v) is 2.66. The quantitative estimate of drug-likeness (QED) is 0.943. The number of hydrogen-bond acceptors (Lipinski definition) is 5. The monoisotopic (exact) mass is 317 g/mol. The molecule has 1 aromatic heterocycles. The number of piperazine rings is 1. The average Bonchev–Trinajstić information content (AvgIpc) is 2.52. The van der Waals surface area contributed by atoms with Crippen molar-refractivity contribution in [1.29, 1.82) is 0 Å². The van der Waals surface area contributed by atoms with Gasteiger partial charge in [0, 0.05) is 43.0 Å². The van der Waals surface area contributed by atoms with E-state index in [1.54, 1.807) is 6.33 Å². The molecule has 0 unspecified atom stereocenters. The highest BCUT2D eigenvalue weighted by molar-refractivity contribution is 6.30. The highest BCUT2D eigenvalue weighted by Gasteiger charge is 2.15. The third-order valence-electron chi connectivity index (χ3n) is 3.94. The van der Waals surface area contributed by atoms with Crippen LogP contribution < -0.4 is 10.2 Å². The van der Waals surface area contributed by atoms with Crippen LogP contribution in [0, 0.1) is 6.92 Å². The molecule has 1 fully saturated rings. The second kappa shape index (κ2) is 6.50. The summed E-state index contributed by atoms with van der Waals surface area (Å²) in [6.45, 7) is 6.13. The Hall–Kier alpha value is -1.85. The van der Waals surface area contributed by atoms with Gasteiger partial charge in [-0.3, -0.25) is 0 Å². The predicted molar refractivity (Wildman–Crippen MR) is 91.2 cm³/mol. The summed E-state index contributed by atoms with van der Waals surface area (Å²) < 4.78 is 0. The molecule has 0 atom stereocenters. The summed E-state index contributed by atoms with van der Waals surface area (Å²) in [5, 5.41) is 4.04. The van der Waals surface area contributed by atoms with Crippen molar-refractivity contribution in [2.24, 2.45) is 0 Å². The molecule has 0 amide bonds. The van der Waals surface area contributed by atoms with E-state index in [-0.39, 0.29) is 0 Å². The average molecular weight is 318 g/mol. The van der Waals surface area contributed by atoms with E-state index in [9.17, 15) is 0 Å². The summed E-state index contributed by atoms with van der Waals surface area (Å²) in [7, 11) is 2.15. The summed E-state index contributed by atoms with van der Waals surface area (Å²) in [5.41, 5.74) is 2.10. The first-order valence-corrected chi connectivity index (χ1v) is 7.78. The molecule has 3 rings (SSSR count). The molecule has 6 heteroatoms. The van der Waals surface area contributed by atoms with Crippen molar-refractivity contribution in [3.8, 4) is 0 Å². The van der Waals surface area contributed by atoms with E-state index in [2.05, 4.69) is 32.1 Å². The van der Waals surface area contributed by atoms with Gasteiger partial charge < -0.3 is 15.1 Å². The maximum absolute atomic E-state index is 6.06. The maximum atomic E-state index is 6.06. The van der Waals surface area contributed by atoms with E-state index in [1.807, 2.05) is 31.2 Å². The number of halogens is 1. The minimum absolute atomic E-state index is 0.710. The zero-order chi connectivity index (χ0) is 15.5. The molecule has 1 N–H and O–H groups in total. The molecule has 1 aliphatic heterocycles. The predicted octanol–water partition coefficient (Wildman–Crippen LogP) is 2.93. The Labute approximate surface area is 135 Å². The molecular formula is C16H20ClN5. The lowest BCUT2D eigenvalue weighted by molar-refractivity contribution is 0.312. The standard InChI is InChI=1S/C16H20ClN5/c1-12-3-4-13(17)9-14(12)20-15-10-16(19-11-18-15)22-7-5-21(2)6-8-22/h3-4,9-11H,5-8H2,1-2H3,(H,18,19,20). The number of hydrogen-bond donors (Lipinski definition) is 1. The van der Waals surface area contributed by atoms with Gasteiger partial charge in [-0.2, -0.15) is 0 Å². The molecule has 0 bridgehead atoms. The summed E-state index contributed by atoms with van der Waals surface area (Å²) in [4.78, 5) is 13.3. The molecule has 0 spiro atoms. The van der Waals surface area contributed by atoms with Gasteiger partial charge in [-0.25, -0.2) is 9.97 Å². The number of benzene rings is 1.